The van der Waals surface area contributed by atoms with Crippen molar-refractivity contribution >= 4 is 23.2 Å². The fraction of sp³-hybridized carbons (Fsp3) is 0.440. The van der Waals surface area contributed by atoms with Gasteiger partial charge < -0.3 is 24.8 Å². The van der Waals surface area contributed by atoms with E-state index in [4.69, 9.17) is 4.74 Å². The van der Waals surface area contributed by atoms with Crippen molar-refractivity contribution in [3.8, 4) is 5.75 Å². The lowest BCUT2D eigenvalue weighted by molar-refractivity contribution is -0.126. The Morgan fingerprint density at radius 1 is 1.03 bits per heavy atom. The maximum absolute atomic E-state index is 12.9. The number of piperazine rings is 1. The molecule has 2 saturated heterocycles. The molecule has 2 heterocycles. The lowest BCUT2D eigenvalue weighted by atomic mass is 10.1. The molecule has 2 aromatic carbocycles. The SMILES string of the molecule is CCOc1ccccc1N1CC(C(=O)NCc2ccccc2N2CCN(C)CC2)CC1=O. The number of nitrogens with one attached hydrogen (secondary N) is 1. The number of likely N-dealkylation sites (N-methyl/N-ethyl adjacent to an activating group) is 1. The van der Waals surface area contributed by atoms with Gasteiger partial charge >= 0.3 is 0 Å². The van der Waals surface area contributed by atoms with Crippen LogP contribution in [0.3, 0.4) is 0 Å². The van der Waals surface area contributed by atoms with E-state index in [1.165, 1.54) is 5.69 Å². The number of carbonyl (C=O) groups excluding carboxylic acids is 2. The van der Waals surface area contributed by atoms with E-state index in [0.717, 1.165) is 37.4 Å². The summed E-state index contributed by atoms with van der Waals surface area (Å²) in [5.74, 6) is 0.177. The highest BCUT2D eigenvalue weighted by atomic mass is 16.5. The number of carbonyl (C=O) groups is 2. The van der Waals surface area contributed by atoms with Gasteiger partial charge in [-0.05, 0) is 37.7 Å². The van der Waals surface area contributed by atoms with Crippen LogP contribution >= 0.6 is 0 Å². The average molecular weight is 437 g/mol. The van der Waals surface area contributed by atoms with E-state index in [2.05, 4.69) is 34.3 Å². The first-order valence-corrected chi connectivity index (χ1v) is 11.4. The number of benzene rings is 2. The average Bonchev–Trinajstić information content (AvgIpc) is 3.20. The second-order valence-electron chi connectivity index (χ2n) is 8.44. The first-order chi connectivity index (χ1) is 15.6. The molecule has 2 aliphatic heterocycles. The van der Waals surface area contributed by atoms with Crippen LogP contribution < -0.4 is 19.9 Å². The fourth-order valence-electron chi connectivity index (χ4n) is 4.42. The third-order valence-corrected chi connectivity index (χ3v) is 6.24. The van der Waals surface area contributed by atoms with E-state index in [9.17, 15) is 9.59 Å². The lowest BCUT2D eigenvalue weighted by Gasteiger charge is -2.35. The van der Waals surface area contributed by atoms with Crippen LogP contribution in [-0.2, 0) is 16.1 Å². The predicted octanol–water partition coefficient (Wildman–Crippen LogP) is 2.51. The Bertz CT molecular complexity index is 956. The van der Waals surface area contributed by atoms with E-state index in [1.807, 2.05) is 43.3 Å². The number of ether oxygens (including phenoxy) is 1. The van der Waals surface area contributed by atoms with Gasteiger partial charge in [0.2, 0.25) is 11.8 Å². The van der Waals surface area contributed by atoms with Gasteiger partial charge in [0.25, 0.3) is 0 Å². The fourth-order valence-corrected chi connectivity index (χ4v) is 4.42. The Morgan fingerprint density at radius 3 is 2.47 bits per heavy atom. The molecule has 0 aliphatic carbocycles. The predicted molar refractivity (Wildman–Crippen MR) is 126 cm³/mol. The van der Waals surface area contributed by atoms with E-state index < -0.39 is 0 Å². The minimum Gasteiger partial charge on any atom is -0.492 e. The van der Waals surface area contributed by atoms with Crippen molar-refractivity contribution in [3.05, 3.63) is 54.1 Å². The van der Waals surface area contributed by atoms with E-state index >= 15 is 0 Å². The first kappa shape index (κ1) is 22.1. The highest BCUT2D eigenvalue weighted by Gasteiger charge is 2.36. The molecule has 1 N–H and O–H groups in total. The third kappa shape index (κ3) is 4.88. The molecule has 2 fully saturated rings. The van der Waals surface area contributed by atoms with Crippen LogP contribution in [-0.4, -0.2) is 63.1 Å². The van der Waals surface area contributed by atoms with Gasteiger partial charge in [0.05, 0.1) is 18.2 Å². The van der Waals surface area contributed by atoms with Gasteiger partial charge in [-0.3, -0.25) is 9.59 Å². The normalized spacial score (nSPS) is 19.3. The number of amides is 2. The molecule has 0 bridgehead atoms. The van der Waals surface area contributed by atoms with Crippen LogP contribution in [0.2, 0.25) is 0 Å². The summed E-state index contributed by atoms with van der Waals surface area (Å²) in [6, 6.07) is 15.7. The molecule has 170 valence electrons. The molecule has 7 nitrogen and oxygen atoms in total. The van der Waals surface area contributed by atoms with Crippen molar-refractivity contribution in [1.82, 2.24) is 10.2 Å². The third-order valence-electron chi connectivity index (χ3n) is 6.24. The smallest absolute Gasteiger partial charge is 0.227 e. The van der Waals surface area contributed by atoms with Gasteiger partial charge in [-0.25, -0.2) is 0 Å². The largest absolute Gasteiger partial charge is 0.492 e. The Labute approximate surface area is 189 Å². The molecule has 2 aliphatic rings. The topological polar surface area (TPSA) is 65.1 Å². The van der Waals surface area contributed by atoms with Crippen molar-refractivity contribution in [2.24, 2.45) is 5.92 Å². The lowest BCUT2D eigenvalue weighted by Crippen LogP contribution is -2.45. The molecule has 4 rings (SSSR count). The van der Waals surface area contributed by atoms with Crippen molar-refractivity contribution < 1.29 is 14.3 Å². The number of para-hydroxylation sites is 3. The maximum atomic E-state index is 12.9. The molecule has 2 amide bonds. The van der Waals surface area contributed by atoms with Crippen LogP contribution in [0.5, 0.6) is 5.75 Å². The molecule has 32 heavy (non-hydrogen) atoms. The molecule has 7 heteroatoms. The molecule has 0 radical (unpaired) electrons. The minimum atomic E-state index is -0.368. The summed E-state index contributed by atoms with van der Waals surface area (Å²) < 4.78 is 5.67. The highest BCUT2D eigenvalue weighted by Crippen LogP contribution is 2.33. The second kappa shape index (κ2) is 10.0. The van der Waals surface area contributed by atoms with Crippen molar-refractivity contribution in [1.29, 1.82) is 0 Å². The van der Waals surface area contributed by atoms with Crippen molar-refractivity contribution in [2.75, 3.05) is 56.2 Å². The molecular weight excluding hydrogens is 404 g/mol. The Morgan fingerprint density at radius 2 is 1.72 bits per heavy atom. The first-order valence-electron chi connectivity index (χ1n) is 11.4. The van der Waals surface area contributed by atoms with Gasteiger partial charge in [0.1, 0.15) is 5.75 Å². The maximum Gasteiger partial charge on any atom is 0.227 e. The quantitative estimate of drug-likeness (QED) is 0.723. The van der Waals surface area contributed by atoms with E-state index in [-0.39, 0.29) is 24.2 Å². The van der Waals surface area contributed by atoms with Crippen LogP contribution in [0.4, 0.5) is 11.4 Å². The van der Waals surface area contributed by atoms with E-state index in [0.29, 0.717) is 25.4 Å². The number of anilines is 2. The number of nitrogens with zero attached hydrogens (tertiary/aromatic N) is 3. The van der Waals surface area contributed by atoms with Gasteiger partial charge in [-0.2, -0.15) is 0 Å². The monoisotopic (exact) mass is 436 g/mol. The molecule has 0 spiro atoms. The zero-order chi connectivity index (χ0) is 22.5. The van der Waals surface area contributed by atoms with Crippen LogP contribution in [0, 0.1) is 5.92 Å². The molecule has 1 unspecified atom stereocenters. The van der Waals surface area contributed by atoms with E-state index in [1.54, 1.807) is 4.90 Å². The molecule has 2 aromatic rings. The summed E-state index contributed by atoms with van der Waals surface area (Å²) >= 11 is 0. The summed E-state index contributed by atoms with van der Waals surface area (Å²) in [6.45, 7) is 7.29. The summed E-state index contributed by atoms with van der Waals surface area (Å²) in [5.41, 5.74) is 3.01. The summed E-state index contributed by atoms with van der Waals surface area (Å²) in [4.78, 5) is 32.0. The summed E-state index contributed by atoms with van der Waals surface area (Å²) in [6.07, 6.45) is 0.215. The van der Waals surface area contributed by atoms with Gasteiger partial charge in [0, 0.05) is 51.4 Å². The van der Waals surface area contributed by atoms with Crippen molar-refractivity contribution in [2.45, 2.75) is 19.9 Å². The zero-order valence-corrected chi connectivity index (χ0v) is 18.9. The molecule has 0 saturated carbocycles. The Balaban J connectivity index is 1.39. The summed E-state index contributed by atoms with van der Waals surface area (Å²) in [7, 11) is 2.14. The second-order valence-corrected chi connectivity index (χ2v) is 8.44. The molecule has 1 atom stereocenters. The van der Waals surface area contributed by atoms with Gasteiger partial charge in [-0.15, -0.1) is 0 Å². The minimum absolute atomic E-state index is 0.0462. The number of hydrogen-bond donors (Lipinski definition) is 1. The Kier molecular flexibility index (Phi) is 6.95. The van der Waals surface area contributed by atoms with Crippen molar-refractivity contribution in [3.63, 3.8) is 0 Å². The van der Waals surface area contributed by atoms with Gasteiger partial charge in [0.15, 0.2) is 0 Å². The van der Waals surface area contributed by atoms with Crippen LogP contribution in [0.1, 0.15) is 18.9 Å². The van der Waals surface area contributed by atoms with Crippen LogP contribution in [0.25, 0.3) is 0 Å². The summed E-state index contributed by atoms with van der Waals surface area (Å²) in [5, 5.41) is 3.08. The zero-order valence-electron chi connectivity index (χ0n) is 18.9. The Hall–Kier alpha value is -3.06. The molecular formula is C25H32N4O3. The number of rotatable bonds is 7. The van der Waals surface area contributed by atoms with Crippen LogP contribution in [0.15, 0.2) is 48.5 Å². The standard InChI is InChI=1S/C25H32N4O3/c1-3-32-23-11-7-6-10-22(23)29-18-20(16-24(29)30)25(31)26-17-19-8-4-5-9-21(19)28-14-12-27(2)13-15-28/h4-11,20H,3,12-18H2,1-2H3,(H,26,31). The molecule has 0 aromatic heterocycles. The van der Waals surface area contributed by atoms with Gasteiger partial charge in [-0.1, -0.05) is 30.3 Å². The highest BCUT2D eigenvalue weighted by molar-refractivity contribution is 6.01. The number of hydrogen-bond acceptors (Lipinski definition) is 5.